The molecule has 24 heavy (non-hydrogen) atoms. The van der Waals surface area contributed by atoms with Crippen molar-refractivity contribution in [3.8, 4) is 0 Å². The number of aromatic carboxylic acids is 1. The number of anilines is 2. The van der Waals surface area contributed by atoms with Crippen LogP contribution in [0.4, 0.5) is 11.4 Å². The standard InChI is InChI=1S/C19H20ClNO3/c1-13(2)12-16(20)18(22)21(14-8-4-3-5-9-14)17-11-7-6-10-15(17)19(23)24/h3-11,13,16H,12H2,1-2H3,(H,23,24)/t16-/m0/s1. The van der Waals surface area contributed by atoms with Gasteiger partial charge in [0.25, 0.3) is 0 Å². The summed E-state index contributed by atoms with van der Waals surface area (Å²) in [5.74, 6) is -1.16. The van der Waals surface area contributed by atoms with E-state index in [1.165, 1.54) is 11.0 Å². The summed E-state index contributed by atoms with van der Waals surface area (Å²) in [7, 11) is 0. The van der Waals surface area contributed by atoms with Crippen molar-refractivity contribution in [1.29, 1.82) is 0 Å². The minimum atomic E-state index is -1.09. The second kappa shape index (κ2) is 7.97. The highest BCUT2D eigenvalue weighted by Gasteiger charge is 2.28. The maximum Gasteiger partial charge on any atom is 0.337 e. The lowest BCUT2D eigenvalue weighted by Crippen LogP contribution is -2.34. The molecule has 1 N–H and O–H groups in total. The summed E-state index contributed by atoms with van der Waals surface area (Å²) in [6.07, 6.45) is 0.513. The van der Waals surface area contributed by atoms with Gasteiger partial charge in [-0.15, -0.1) is 11.6 Å². The predicted molar refractivity (Wildman–Crippen MR) is 96.1 cm³/mol. The second-order valence-corrected chi connectivity index (χ2v) is 6.46. The Morgan fingerprint density at radius 1 is 1.04 bits per heavy atom. The van der Waals surface area contributed by atoms with Crippen molar-refractivity contribution in [3.05, 3.63) is 60.2 Å². The lowest BCUT2D eigenvalue weighted by Gasteiger charge is -2.27. The molecule has 1 atom stereocenters. The first kappa shape index (κ1) is 18.0. The van der Waals surface area contributed by atoms with Gasteiger partial charge in [-0.3, -0.25) is 9.69 Å². The van der Waals surface area contributed by atoms with Crippen molar-refractivity contribution >= 4 is 34.9 Å². The normalized spacial score (nSPS) is 12.0. The molecule has 0 aromatic heterocycles. The monoisotopic (exact) mass is 345 g/mol. The van der Waals surface area contributed by atoms with Gasteiger partial charge in [0.2, 0.25) is 5.91 Å². The molecule has 0 fully saturated rings. The third kappa shape index (κ3) is 4.15. The maximum atomic E-state index is 13.0. The molecule has 0 aliphatic heterocycles. The average Bonchev–Trinajstić information content (AvgIpc) is 2.55. The van der Waals surface area contributed by atoms with E-state index in [1.807, 2.05) is 19.9 Å². The quantitative estimate of drug-likeness (QED) is 0.772. The van der Waals surface area contributed by atoms with Crippen LogP contribution in [0.25, 0.3) is 0 Å². The summed E-state index contributed by atoms with van der Waals surface area (Å²) in [6.45, 7) is 3.97. The van der Waals surface area contributed by atoms with Crippen LogP contribution in [0.5, 0.6) is 0 Å². The Kier molecular flexibility index (Phi) is 5.99. The smallest absolute Gasteiger partial charge is 0.337 e. The van der Waals surface area contributed by atoms with Gasteiger partial charge >= 0.3 is 5.97 Å². The number of carboxylic acids is 1. The molecule has 0 bridgehead atoms. The molecule has 0 aliphatic rings. The lowest BCUT2D eigenvalue weighted by atomic mass is 10.1. The number of nitrogens with zero attached hydrogens (tertiary/aromatic N) is 1. The summed E-state index contributed by atoms with van der Waals surface area (Å²) in [6, 6.07) is 15.4. The molecule has 5 heteroatoms. The number of hydrogen-bond donors (Lipinski definition) is 1. The fourth-order valence-electron chi connectivity index (χ4n) is 2.47. The van der Waals surface area contributed by atoms with Crippen LogP contribution in [-0.2, 0) is 4.79 Å². The van der Waals surface area contributed by atoms with Crippen molar-refractivity contribution in [2.45, 2.75) is 25.6 Å². The number of para-hydroxylation sites is 2. The Bertz CT molecular complexity index is 716. The Labute approximate surface area is 146 Å². The van der Waals surface area contributed by atoms with Crippen LogP contribution in [0.2, 0.25) is 0 Å². The Balaban J connectivity index is 2.53. The molecule has 0 radical (unpaired) electrons. The third-order valence-electron chi connectivity index (χ3n) is 3.56. The number of halogens is 1. The number of carbonyl (C=O) groups excluding carboxylic acids is 1. The molecule has 0 unspecified atom stereocenters. The van der Waals surface area contributed by atoms with E-state index < -0.39 is 11.3 Å². The van der Waals surface area contributed by atoms with Gasteiger partial charge in [0.05, 0.1) is 11.3 Å². The molecule has 0 aliphatic carbocycles. The highest BCUT2D eigenvalue weighted by Crippen LogP contribution is 2.31. The topological polar surface area (TPSA) is 57.6 Å². The zero-order valence-electron chi connectivity index (χ0n) is 13.6. The van der Waals surface area contributed by atoms with Crippen molar-refractivity contribution in [1.82, 2.24) is 0 Å². The highest BCUT2D eigenvalue weighted by atomic mass is 35.5. The first-order valence-electron chi connectivity index (χ1n) is 7.77. The van der Waals surface area contributed by atoms with Gasteiger partial charge in [0.15, 0.2) is 0 Å². The Morgan fingerprint density at radius 2 is 1.62 bits per heavy atom. The summed E-state index contributed by atoms with van der Waals surface area (Å²) in [5, 5.41) is 8.73. The van der Waals surface area contributed by atoms with E-state index in [1.54, 1.807) is 42.5 Å². The fraction of sp³-hybridized carbons (Fsp3) is 0.263. The largest absolute Gasteiger partial charge is 0.478 e. The molecule has 0 spiro atoms. The maximum absolute atomic E-state index is 13.0. The number of amides is 1. The second-order valence-electron chi connectivity index (χ2n) is 5.93. The highest BCUT2D eigenvalue weighted by molar-refractivity contribution is 6.34. The van der Waals surface area contributed by atoms with E-state index in [0.29, 0.717) is 17.8 Å². The van der Waals surface area contributed by atoms with Gasteiger partial charge in [-0.25, -0.2) is 4.79 Å². The summed E-state index contributed by atoms with van der Waals surface area (Å²) >= 11 is 6.31. The minimum absolute atomic E-state index is 0.0584. The van der Waals surface area contributed by atoms with E-state index in [9.17, 15) is 14.7 Å². The molecular formula is C19H20ClNO3. The zero-order valence-corrected chi connectivity index (χ0v) is 14.4. The van der Waals surface area contributed by atoms with E-state index >= 15 is 0 Å². The zero-order chi connectivity index (χ0) is 17.7. The van der Waals surface area contributed by atoms with Crippen LogP contribution in [0.3, 0.4) is 0 Å². The predicted octanol–water partition coefficient (Wildman–Crippen LogP) is 4.70. The van der Waals surface area contributed by atoms with Crippen molar-refractivity contribution in [3.63, 3.8) is 0 Å². The fourth-order valence-corrected chi connectivity index (χ4v) is 2.92. The third-order valence-corrected chi connectivity index (χ3v) is 3.92. The molecule has 4 nitrogen and oxygen atoms in total. The van der Waals surface area contributed by atoms with E-state index in [2.05, 4.69) is 0 Å². The van der Waals surface area contributed by atoms with Crippen LogP contribution >= 0.6 is 11.6 Å². The van der Waals surface area contributed by atoms with Gasteiger partial charge in [-0.1, -0.05) is 44.2 Å². The van der Waals surface area contributed by atoms with Gasteiger partial charge < -0.3 is 5.11 Å². The van der Waals surface area contributed by atoms with Gasteiger partial charge in [0, 0.05) is 5.69 Å². The van der Waals surface area contributed by atoms with Crippen molar-refractivity contribution in [2.24, 2.45) is 5.92 Å². The van der Waals surface area contributed by atoms with Crippen LogP contribution in [-0.4, -0.2) is 22.4 Å². The van der Waals surface area contributed by atoms with Gasteiger partial charge in [0.1, 0.15) is 5.38 Å². The SMILES string of the molecule is CC(C)C[C@H](Cl)C(=O)N(c1ccccc1)c1ccccc1C(=O)O. The summed E-state index contributed by atoms with van der Waals surface area (Å²) in [4.78, 5) is 25.9. The Morgan fingerprint density at radius 3 is 2.21 bits per heavy atom. The molecule has 2 aromatic carbocycles. The number of carbonyl (C=O) groups is 2. The minimum Gasteiger partial charge on any atom is -0.478 e. The molecule has 1 amide bonds. The molecular weight excluding hydrogens is 326 g/mol. The van der Waals surface area contributed by atoms with Gasteiger partial charge in [-0.05, 0) is 36.6 Å². The van der Waals surface area contributed by atoms with Crippen LogP contribution < -0.4 is 4.90 Å². The molecule has 2 rings (SSSR count). The van der Waals surface area contributed by atoms with Crippen LogP contribution in [0, 0.1) is 5.92 Å². The summed E-state index contributed by atoms with van der Waals surface area (Å²) < 4.78 is 0. The van der Waals surface area contributed by atoms with Crippen molar-refractivity contribution < 1.29 is 14.7 Å². The Hall–Kier alpha value is -2.33. The number of rotatable bonds is 6. The molecule has 126 valence electrons. The molecule has 0 saturated carbocycles. The van der Waals surface area contributed by atoms with Crippen molar-refractivity contribution in [2.75, 3.05) is 4.90 Å². The van der Waals surface area contributed by atoms with E-state index in [-0.39, 0.29) is 17.4 Å². The van der Waals surface area contributed by atoms with Crippen LogP contribution in [0.15, 0.2) is 54.6 Å². The number of hydrogen-bond acceptors (Lipinski definition) is 2. The number of benzene rings is 2. The average molecular weight is 346 g/mol. The molecule has 0 saturated heterocycles. The number of carboxylic acid groups (broad SMARTS) is 1. The first-order valence-corrected chi connectivity index (χ1v) is 8.21. The molecule has 2 aromatic rings. The van der Waals surface area contributed by atoms with E-state index in [4.69, 9.17) is 11.6 Å². The molecule has 0 heterocycles. The lowest BCUT2D eigenvalue weighted by molar-refractivity contribution is -0.117. The van der Waals surface area contributed by atoms with Gasteiger partial charge in [-0.2, -0.15) is 0 Å². The van der Waals surface area contributed by atoms with E-state index in [0.717, 1.165) is 0 Å². The summed E-state index contributed by atoms with van der Waals surface area (Å²) in [5.41, 5.74) is 0.962. The number of alkyl halides is 1. The first-order chi connectivity index (χ1) is 11.4. The van der Waals surface area contributed by atoms with Crippen LogP contribution in [0.1, 0.15) is 30.6 Å².